The molecule has 0 amide bonds. The van der Waals surface area contributed by atoms with Crippen molar-refractivity contribution in [3.05, 3.63) is 11.8 Å². The summed E-state index contributed by atoms with van der Waals surface area (Å²) in [5, 5.41) is 6.83. The van der Waals surface area contributed by atoms with E-state index in [4.69, 9.17) is 5.73 Å². The van der Waals surface area contributed by atoms with Gasteiger partial charge in [-0.2, -0.15) is 22.1 Å². The fraction of sp³-hybridized carbons (Fsp3) is 0.727. The van der Waals surface area contributed by atoms with Gasteiger partial charge in [0, 0.05) is 38.2 Å². The summed E-state index contributed by atoms with van der Waals surface area (Å²) in [6.07, 6.45) is 2.73. The van der Waals surface area contributed by atoms with Gasteiger partial charge in [0.25, 0.3) is 10.2 Å². The molecule has 3 heterocycles. The Bertz CT molecular complexity index is 549. The van der Waals surface area contributed by atoms with Gasteiger partial charge in [-0.05, 0) is 19.3 Å². The van der Waals surface area contributed by atoms with Gasteiger partial charge in [0.1, 0.15) is 5.82 Å². The maximum absolute atomic E-state index is 12.4. The molecule has 0 saturated carbocycles. The van der Waals surface area contributed by atoms with Crippen LogP contribution in [0.4, 0.5) is 5.82 Å². The lowest BCUT2D eigenvalue weighted by molar-refractivity contribution is 0.395. The first-order chi connectivity index (χ1) is 9.07. The van der Waals surface area contributed by atoms with Gasteiger partial charge in [0.15, 0.2) is 0 Å². The molecule has 106 valence electrons. The van der Waals surface area contributed by atoms with Crippen molar-refractivity contribution in [2.45, 2.75) is 25.2 Å². The van der Waals surface area contributed by atoms with Crippen LogP contribution in [0.25, 0.3) is 0 Å². The van der Waals surface area contributed by atoms with Crippen LogP contribution in [0, 0.1) is 0 Å². The minimum absolute atomic E-state index is 0.144. The Balaban J connectivity index is 1.71. The van der Waals surface area contributed by atoms with E-state index in [0.29, 0.717) is 32.0 Å². The summed E-state index contributed by atoms with van der Waals surface area (Å²) in [5.74, 6) is 0.668. The van der Waals surface area contributed by atoms with Crippen LogP contribution in [-0.2, 0) is 10.2 Å². The van der Waals surface area contributed by atoms with E-state index in [1.165, 1.54) is 0 Å². The number of anilines is 1. The topological polar surface area (TPSA) is 95.3 Å². The van der Waals surface area contributed by atoms with E-state index >= 15 is 0 Å². The number of hydrogen-bond acceptors (Lipinski definition) is 4. The van der Waals surface area contributed by atoms with E-state index in [1.807, 2.05) is 0 Å². The SMILES string of the molecule is Nc1cc(C2CCN(S(=O)(=O)N3CCCC3)C2)n[nH]1. The molecular formula is C11H19N5O2S. The summed E-state index contributed by atoms with van der Waals surface area (Å²) < 4.78 is 28.0. The summed E-state index contributed by atoms with van der Waals surface area (Å²) in [6.45, 7) is 2.37. The second-order valence-electron chi connectivity index (χ2n) is 5.21. The van der Waals surface area contributed by atoms with Crippen molar-refractivity contribution in [2.75, 3.05) is 31.9 Å². The van der Waals surface area contributed by atoms with Gasteiger partial charge in [-0.3, -0.25) is 5.10 Å². The van der Waals surface area contributed by atoms with Crippen molar-refractivity contribution in [1.82, 2.24) is 18.8 Å². The Morgan fingerprint density at radius 2 is 2.00 bits per heavy atom. The molecule has 8 heteroatoms. The highest BCUT2D eigenvalue weighted by Crippen LogP contribution is 2.30. The van der Waals surface area contributed by atoms with Crippen LogP contribution in [0.1, 0.15) is 30.9 Å². The van der Waals surface area contributed by atoms with Crippen molar-refractivity contribution in [3.63, 3.8) is 0 Å². The van der Waals surface area contributed by atoms with Crippen LogP contribution < -0.4 is 5.73 Å². The number of H-pyrrole nitrogens is 1. The van der Waals surface area contributed by atoms with Crippen LogP contribution >= 0.6 is 0 Å². The minimum atomic E-state index is -3.28. The standard InChI is InChI=1S/C11H19N5O2S/c12-11-7-10(13-14-11)9-3-6-16(8-9)19(17,18)15-4-1-2-5-15/h7,9H,1-6,8H2,(H3,12,13,14). The molecule has 2 aliphatic rings. The van der Waals surface area contributed by atoms with Gasteiger partial charge >= 0.3 is 0 Å². The number of aromatic nitrogens is 2. The zero-order chi connectivity index (χ0) is 13.5. The average molecular weight is 285 g/mol. The van der Waals surface area contributed by atoms with E-state index in [9.17, 15) is 8.42 Å². The fourth-order valence-corrected chi connectivity index (χ4v) is 4.57. The molecule has 2 fully saturated rings. The third-order valence-corrected chi connectivity index (χ3v) is 5.91. The van der Waals surface area contributed by atoms with E-state index in [2.05, 4.69) is 10.2 Å². The van der Waals surface area contributed by atoms with E-state index < -0.39 is 10.2 Å². The number of nitrogen functional groups attached to an aromatic ring is 1. The van der Waals surface area contributed by atoms with Crippen LogP contribution in [0.2, 0.25) is 0 Å². The molecule has 0 spiro atoms. The highest BCUT2D eigenvalue weighted by Gasteiger charge is 2.37. The Morgan fingerprint density at radius 1 is 1.26 bits per heavy atom. The summed E-state index contributed by atoms with van der Waals surface area (Å²) in [4.78, 5) is 0. The molecule has 2 saturated heterocycles. The van der Waals surface area contributed by atoms with Crippen molar-refractivity contribution >= 4 is 16.0 Å². The lowest BCUT2D eigenvalue weighted by Gasteiger charge is -2.23. The van der Waals surface area contributed by atoms with Crippen molar-refractivity contribution in [1.29, 1.82) is 0 Å². The molecule has 0 aromatic carbocycles. The number of rotatable bonds is 3. The van der Waals surface area contributed by atoms with E-state index in [1.54, 1.807) is 14.7 Å². The summed E-state index contributed by atoms with van der Waals surface area (Å²) in [6, 6.07) is 1.79. The first kappa shape index (κ1) is 12.9. The van der Waals surface area contributed by atoms with Crippen LogP contribution in [0.3, 0.4) is 0 Å². The largest absolute Gasteiger partial charge is 0.384 e. The van der Waals surface area contributed by atoms with Gasteiger partial charge in [0.2, 0.25) is 0 Å². The molecule has 1 atom stereocenters. The molecule has 7 nitrogen and oxygen atoms in total. The van der Waals surface area contributed by atoms with Crippen LogP contribution in [0.5, 0.6) is 0 Å². The molecule has 0 radical (unpaired) electrons. The van der Waals surface area contributed by atoms with Gasteiger partial charge in [-0.1, -0.05) is 0 Å². The van der Waals surface area contributed by atoms with Crippen molar-refractivity contribution in [3.8, 4) is 0 Å². The van der Waals surface area contributed by atoms with Crippen LogP contribution in [0.15, 0.2) is 6.07 Å². The maximum atomic E-state index is 12.4. The zero-order valence-electron chi connectivity index (χ0n) is 10.7. The number of nitrogens with zero attached hydrogens (tertiary/aromatic N) is 3. The molecule has 0 bridgehead atoms. The Labute approximate surface area is 112 Å². The Morgan fingerprint density at radius 3 is 2.63 bits per heavy atom. The van der Waals surface area contributed by atoms with Gasteiger partial charge in [-0.25, -0.2) is 0 Å². The number of hydrogen-bond donors (Lipinski definition) is 2. The van der Waals surface area contributed by atoms with Gasteiger partial charge in [-0.15, -0.1) is 0 Å². The Hall–Kier alpha value is -1.12. The molecule has 3 N–H and O–H groups in total. The lowest BCUT2D eigenvalue weighted by Crippen LogP contribution is -2.41. The highest BCUT2D eigenvalue weighted by molar-refractivity contribution is 7.86. The summed E-state index contributed by atoms with van der Waals surface area (Å²) in [5.41, 5.74) is 6.47. The Kier molecular flexibility index (Phi) is 3.23. The minimum Gasteiger partial charge on any atom is -0.384 e. The average Bonchev–Trinajstić information content (AvgIpc) is 3.10. The fourth-order valence-electron chi connectivity index (χ4n) is 2.82. The molecule has 1 aromatic rings. The molecule has 1 unspecified atom stereocenters. The summed E-state index contributed by atoms with van der Waals surface area (Å²) >= 11 is 0. The highest BCUT2D eigenvalue weighted by atomic mass is 32.2. The van der Waals surface area contributed by atoms with E-state index in [-0.39, 0.29) is 5.92 Å². The zero-order valence-corrected chi connectivity index (χ0v) is 11.6. The van der Waals surface area contributed by atoms with Crippen molar-refractivity contribution < 1.29 is 8.42 Å². The molecule has 19 heavy (non-hydrogen) atoms. The lowest BCUT2D eigenvalue weighted by atomic mass is 10.1. The molecule has 1 aromatic heterocycles. The van der Waals surface area contributed by atoms with Crippen LogP contribution in [-0.4, -0.2) is 53.4 Å². The molecular weight excluding hydrogens is 266 g/mol. The molecule has 2 aliphatic heterocycles. The number of nitrogens with one attached hydrogen (secondary N) is 1. The number of nitrogens with two attached hydrogens (primary N) is 1. The third-order valence-electron chi connectivity index (χ3n) is 3.90. The second kappa shape index (κ2) is 4.77. The van der Waals surface area contributed by atoms with Crippen molar-refractivity contribution in [2.24, 2.45) is 0 Å². The first-order valence-electron chi connectivity index (χ1n) is 6.63. The second-order valence-corrected chi connectivity index (χ2v) is 7.13. The molecule has 3 rings (SSSR count). The van der Waals surface area contributed by atoms with Gasteiger partial charge < -0.3 is 5.73 Å². The quantitative estimate of drug-likeness (QED) is 0.824. The molecule has 0 aliphatic carbocycles. The first-order valence-corrected chi connectivity index (χ1v) is 8.03. The van der Waals surface area contributed by atoms with Gasteiger partial charge in [0.05, 0.1) is 5.69 Å². The normalized spacial score (nSPS) is 26.2. The smallest absolute Gasteiger partial charge is 0.281 e. The van der Waals surface area contributed by atoms with E-state index in [0.717, 1.165) is 25.0 Å². The monoisotopic (exact) mass is 285 g/mol. The third kappa shape index (κ3) is 2.35. The number of aromatic amines is 1. The predicted molar refractivity (Wildman–Crippen MR) is 71.7 cm³/mol. The maximum Gasteiger partial charge on any atom is 0.281 e. The summed E-state index contributed by atoms with van der Waals surface area (Å²) in [7, 11) is -3.28. The predicted octanol–water partition coefficient (Wildman–Crippen LogP) is 0.122.